The highest BCUT2D eigenvalue weighted by molar-refractivity contribution is 5.54. The van der Waals surface area contributed by atoms with Gasteiger partial charge in [0.25, 0.3) is 0 Å². The van der Waals surface area contributed by atoms with Crippen molar-refractivity contribution in [1.29, 1.82) is 0 Å². The molecule has 1 aliphatic heterocycles. The summed E-state index contributed by atoms with van der Waals surface area (Å²) in [5.74, 6) is 0. The van der Waals surface area contributed by atoms with Crippen molar-refractivity contribution in [3.63, 3.8) is 0 Å². The van der Waals surface area contributed by atoms with Gasteiger partial charge in [0.1, 0.15) is 0 Å². The summed E-state index contributed by atoms with van der Waals surface area (Å²) in [6.45, 7) is 8.76. The molecular formula is C8H9N3. The Labute approximate surface area is 65.2 Å². The number of H-pyrrole nitrogens is 1. The van der Waals surface area contributed by atoms with Crippen molar-refractivity contribution in [3.8, 4) is 0 Å². The molecular weight excluding hydrogens is 138 g/mol. The molecule has 11 heavy (non-hydrogen) atoms. The molecule has 0 bridgehead atoms. The fraction of sp³-hybridized carbons (Fsp3) is 0.375. The number of aromatic amines is 1. The van der Waals surface area contributed by atoms with Gasteiger partial charge in [0.2, 0.25) is 5.69 Å². The summed E-state index contributed by atoms with van der Waals surface area (Å²) < 4.78 is 0. The lowest BCUT2D eigenvalue weighted by molar-refractivity contribution is 0.636. The lowest BCUT2D eigenvalue weighted by atomic mass is 10.1. The van der Waals surface area contributed by atoms with Crippen molar-refractivity contribution in [3.05, 3.63) is 28.9 Å². The van der Waals surface area contributed by atoms with E-state index in [-0.39, 0.29) is 0 Å². The van der Waals surface area contributed by atoms with Crippen LogP contribution < -0.4 is 5.32 Å². The molecule has 3 heteroatoms. The Kier molecular flexibility index (Phi) is 1.41. The molecule has 0 fully saturated rings. The number of aromatic nitrogens is 1. The fourth-order valence-corrected chi connectivity index (χ4v) is 1.45. The largest absolute Gasteiger partial charge is 0.375 e. The topological polar surface area (TPSA) is 32.2 Å². The molecule has 56 valence electrons. The second-order valence-corrected chi connectivity index (χ2v) is 2.67. The van der Waals surface area contributed by atoms with E-state index in [0.717, 1.165) is 25.2 Å². The van der Waals surface area contributed by atoms with Gasteiger partial charge in [0.15, 0.2) is 0 Å². The summed E-state index contributed by atoms with van der Waals surface area (Å²) in [6.07, 6.45) is 2.78. The van der Waals surface area contributed by atoms with E-state index in [1.807, 2.05) is 0 Å². The van der Waals surface area contributed by atoms with E-state index in [0.29, 0.717) is 0 Å². The Balaban J connectivity index is 2.48. The summed E-state index contributed by atoms with van der Waals surface area (Å²) in [7, 11) is 0. The predicted molar refractivity (Wildman–Crippen MR) is 42.5 cm³/mol. The minimum atomic E-state index is 0.793. The van der Waals surface area contributed by atoms with Crippen molar-refractivity contribution in [2.24, 2.45) is 0 Å². The number of hydrogen-bond acceptors (Lipinski definition) is 1. The molecule has 0 saturated heterocycles. The Morgan fingerprint density at radius 2 is 2.45 bits per heavy atom. The van der Waals surface area contributed by atoms with E-state index < -0.39 is 0 Å². The summed E-state index contributed by atoms with van der Waals surface area (Å²) >= 11 is 0. The van der Waals surface area contributed by atoms with Gasteiger partial charge >= 0.3 is 0 Å². The first kappa shape index (κ1) is 6.44. The van der Waals surface area contributed by atoms with Gasteiger partial charge in [-0.1, -0.05) is 0 Å². The van der Waals surface area contributed by atoms with Crippen LogP contribution in [0.4, 0.5) is 5.69 Å². The molecule has 0 radical (unpaired) electrons. The number of rotatable bonds is 0. The molecule has 0 aliphatic carbocycles. The quantitative estimate of drug-likeness (QED) is 0.531. The van der Waals surface area contributed by atoms with Crippen LogP contribution in [0, 0.1) is 6.57 Å². The van der Waals surface area contributed by atoms with Crippen LogP contribution in [0.3, 0.4) is 0 Å². The van der Waals surface area contributed by atoms with Gasteiger partial charge in [0.05, 0.1) is 6.57 Å². The van der Waals surface area contributed by atoms with Crippen LogP contribution >= 0.6 is 0 Å². The zero-order valence-electron chi connectivity index (χ0n) is 6.15. The molecule has 1 aliphatic rings. The Morgan fingerprint density at radius 1 is 1.55 bits per heavy atom. The highest BCUT2D eigenvalue weighted by Gasteiger charge is 2.13. The van der Waals surface area contributed by atoms with Gasteiger partial charge < -0.3 is 10.3 Å². The van der Waals surface area contributed by atoms with Crippen LogP contribution in [-0.2, 0) is 13.0 Å². The molecule has 0 spiro atoms. The number of hydrogen-bond donors (Lipinski definition) is 2. The van der Waals surface area contributed by atoms with E-state index in [4.69, 9.17) is 6.57 Å². The third kappa shape index (κ3) is 0.920. The Hall–Kier alpha value is -1.27. The summed E-state index contributed by atoms with van der Waals surface area (Å²) in [6, 6.07) is 0. The molecule has 1 aromatic heterocycles. The molecule has 2 N–H and O–H groups in total. The third-order valence-electron chi connectivity index (χ3n) is 2.03. The predicted octanol–water partition coefficient (Wildman–Crippen LogP) is 1.21. The summed E-state index contributed by atoms with van der Waals surface area (Å²) in [5.41, 5.74) is 3.18. The van der Waals surface area contributed by atoms with Gasteiger partial charge in [-0.3, -0.25) is 0 Å². The van der Waals surface area contributed by atoms with Gasteiger partial charge in [-0.2, -0.15) is 0 Å². The van der Waals surface area contributed by atoms with Crippen molar-refractivity contribution in [2.45, 2.75) is 13.0 Å². The average Bonchev–Trinajstić information content (AvgIpc) is 2.47. The van der Waals surface area contributed by atoms with Crippen LogP contribution in [0.2, 0.25) is 0 Å². The summed E-state index contributed by atoms with van der Waals surface area (Å²) in [5, 5.41) is 3.24. The first-order valence-electron chi connectivity index (χ1n) is 3.69. The van der Waals surface area contributed by atoms with Crippen molar-refractivity contribution < 1.29 is 0 Å². The maximum atomic E-state index is 6.89. The Bertz CT molecular complexity index is 306. The van der Waals surface area contributed by atoms with Crippen LogP contribution in [0.1, 0.15) is 11.3 Å². The normalized spacial score (nSPS) is 15.5. The molecule has 0 aromatic carbocycles. The van der Waals surface area contributed by atoms with Crippen LogP contribution in [0.15, 0.2) is 6.20 Å². The minimum absolute atomic E-state index is 0.793. The first-order valence-corrected chi connectivity index (χ1v) is 3.69. The van der Waals surface area contributed by atoms with Crippen LogP contribution in [-0.4, -0.2) is 11.5 Å². The van der Waals surface area contributed by atoms with Crippen molar-refractivity contribution in [2.75, 3.05) is 6.54 Å². The molecule has 0 saturated carbocycles. The molecule has 2 heterocycles. The van der Waals surface area contributed by atoms with Crippen molar-refractivity contribution in [1.82, 2.24) is 10.3 Å². The monoisotopic (exact) mass is 147 g/mol. The van der Waals surface area contributed by atoms with Crippen LogP contribution in [0.25, 0.3) is 4.85 Å². The maximum absolute atomic E-state index is 6.89. The standard InChI is InChI=1S/C8H9N3/c1-9-7-5-11-8-4-10-3-2-6(7)8/h5,10-11H,2-4H2. The molecule has 3 nitrogen and oxygen atoms in total. The highest BCUT2D eigenvalue weighted by atomic mass is 14.9. The smallest absolute Gasteiger partial charge is 0.207 e. The molecule has 1 aromatic rings. The lowest BCUT2D eigenvalue weighted by Crippen LogP contribution is -2.22. The van der Waals surface area contributed by atoms with E-state index in [2.05, 4.69) is 15.1 Å². The zero-order valence-corrected chi connectivity index (χ0v) is 6.15. The minimum Gasteiger partial charge on any atom is -0.375 e. The van der Waals surface area contributed by atoms with Gasteiger partial charge in [-0.15, -0.1) is 0 Å². The number of nitrogens with one attached hydrogen (secondary N) is 2. The third-order valence-corrected chi connectivity index (χ3v) is 2.03. The molecule has 0 atom stereocenters. The SMILES string of the molecule is [C-]#[N+]c1c[nH]c2c1CCNC2. The number of nitrogens with zero attached hydrogens (tertiary/aromatic N) is 1. The lowest BCUT2D eigenvalue weighted by Gasteiger charge is -2.12. The van der Waals surface area contributed by atoms with Crippen molar-refractivity contribution >= 4 is 5.69 Å². The molecule has 0 unspecified atom stereocenters. The number of fused-ring (bicyclic) bond motifs is 1. The zero-order chi connectivity index (χ0) is 7.68. The average molecular weight is 147 g/mol. The van der Waals surface area contributed by atoms with Gasteiger partial charge in [-0.25, -0.2) is 4.85 Å². The van der Waals surface area contributed by atoms with Crippen LogP contribution in [0.5, 0.6) is 0 Å². The van der Waals surface area contributed by atoms with E-state index in [1.54, 1.807) is 6.20 Å². The second kappa shape index (κ2) is 2.40. The Morgan fingerprint density at radius 3 is 3.27 bits per heavy atom. The highest BCUT2D eigenvalue weighted by Crippen LogP contribution is 2.24. The van der Waals surface area contributed by atoms with Gasteiger partial charge in [-0.05, 0) is 18.5 Å². The van der Waals surface area contributed by atoms with E-state index >= 15 is 0 Å². The van der Waals surface area contributed by atoms with E-state index in [9.17, 15) is 0 Å². The molecule has 0 amide bonds. The first-order chi connectivity index (χ1) is 5.42. The fourth-order valence-electron chi connectivity index (χ4n) is 1.45. The van der Waals surface area contributed by atoms with Gasteiger partial charge in [0, 0.05) is 18.4 Å². The second-order valence-electron chi connectivity index (χ2n) is 2.67. The van der Waals surface area contributed by atoms with E-state index in [1.165, 1.54) is 11.3 Å². The molecule has 2 rings (SSSR count). The maximum Gasteiger partial charge on any atom is 0.207 e. The summed E-state index contributed by atoms with van der Waals surface area (Å²) in [4.78, 5) is 6.54.